The van der Waals surface area contributed by atoms with Crippen molar-refractivity contribution >= 4 is 23.5 Å². The number of anilines is 1. The van der Waals surface area contributed by atoms with E-state index in [-0.39, 0.29) is 17.1 Å². The number of alkyl halides is 3. The molecule has 1 saturated heterocycles. The summed E-state index contributed by atoms with van der Waals surface area (Å²) in [6.45, 7) is 8.83. The molecule has 4 aromatic rings. The van der Waals surface area contributed by atoms with Crippen LogP contribution in [0.4, 0.5) is 24.5 Å². The second-order valence-electron chi connectivity index (χ2n) is 10.9. The molecule has 0 spiro atoms. The molecule has 3 heterocycles. The minimum absolute atomic E-state index is 0.0673. The molecule has 0 unspecified atom stereocenters. The highest BCUT2D eigenvalue weighted by molar-refractivity contribution is 6.05. The summed E-state index contributed by atoms with van der Waals surface area (Å²) in [7, 11) is 2.02. The van der Waals surface area contributed by atoms with E-state index in [4.69, 9.17) is 4.74 Å². The van der Waals surface area contributed by atoms with Gasteiger partial charge in [-0.05, 0) is 81.4 Å². The SMILES string of the molecule is C/C=N\c1c(C)nc(-c2ccncc2)nc1Oc1ccc(C)c(C(=O)Nc2cc(CN3CCN(C)CC3)cc(C(F)(F)F)c2)c1. The first-order valence-corrected chi connectivity index (χ1v) is 14.5. The Morgan fingerprint density at radius 1 is 1.02 bits per heavy atom. The fraction of sp³-hybridized carbons (Fsp3) is 0.303. The summed E-state index contributed by atoms with van der Waals surface area (Å²) in [5, 5.41) is 2.68. The Labute approximate surface area is 259 Å². The number of benzene rings is 2. The molecule has 45 heavy (non-hydrogen) atoms. The van der Waals surface area contributed by atoms with E-state index in [1.165, 1.54) is 6.07 Å². The highest BCUT2D eigenvalue weighted by Crippen LogP contribution is 2.35. The normalized spacial score (nSPS) is 14.6. The highest BCUT2D eigenvalue weighted by Gasteiger charge is 2.32. The topological polar surface area (TPSA) is 95.8 Å². The van der Waals surface area contributed by atoms with Crippen LogP contribution in [-0.4, -0.2) is 70.1 Å². The molecule has 1 aliphatic heterocycles. The van der Waals surface area contributed by atoms with Crippen molar-refractivity contribution in [2.45, 2.75) is 33.5 Å². The van der Waals surface area contributed by atoms with Crippen LogP contribution < -0.4 is 10.1 Å². The summed E-state index contributed by atoms with van der Waals surface area (Å²) >= 11 is 0. The number of aromatic nitrogens is 3. The van der Waals surface area contributed by atoms with E-state index in [0.29, 0.717) is 40.6 Å². The predicted octanol–water partition coefficient (Wildman–Crippen LogP) is 6.69. The second kappa shape index (κ2) is 13.5. The molecule has 1 aliphatic rings. The number of ether oxygens (including phenoxy) is 1. The molecule has 1 amide bonds. The van der Waals surface area contributed by atoms with Crippen molar-refractivity contribution in [1.82, 2.24) is 24.8 Å². The monoisotopic (exact) mass is 617 g/mol. The molecular formula is C33H34F3N7O2. The van der Waals surface area contributed by atoms with Crippen LogP contribution >= 0.6 is 0 Å². The Kier molecular flexibility index (Phi) is 9.54. The number of nitrogens with one attached hydrogen (secondary N) is 1. The number of aryl methyl sites for hydroxylation is 2. The Morgan fingerprint density at radius 2 is 1.76 bits per heavy atom. The number of halogens is 3. The molecule has 12 heteroatoms. The number of hydrogen-bond acceptors (Lipinski definition) is 8. The molecule has 0 saturated carbocycles. The van der Waals surface area contributed by atoms with Gasteiger partial charge >= 0.3 is 6.18 Å². The molecule has 2 aromatic carbocycles. The lowest BCUT2D eigenvalue weighted by atomic mass is 10.1. The highest BCUT2D eigenvalue weighted by atomic mass is 19.4. The number of amides is 1. The molecule has 2 aromatic heterocycles. The van der Waals surface area contributed by atoms with E-state index in [1.807, 2.05) is 7.05 Å². The number of carbonyl (C=O) groups excluding carboxylic acids is 1. The summed E-state index contributed by atoms with van der Waals surface area (Å²) in [6, 6.07) is 12.2. The minimum atomic E-state index is -4.56. The number of likely N-dealkylation sites (N-methyl/N-ethyl adjacent to an activating group) is 1. The van der Waals surface area contributed by atoms with E-state index in [0.717, 1.165) is 43.9 Å². The van der Waals surface area contributed by atoms with Gasteiger partial charge in [-0.15, -0.1) is 0 Å². The Balaban J connectivity index is 1.42. The van der Waals surface area contributed by atoms with Crippen LogP contribution in [0.2, 0.25) is 0 Å². The largest absolute Gasteiger partial charge is 0.437 e. The molecule has 0 radical (unpaired) electrons. The van der Waals surface area contributed by atoms with Gasteiger partial charge in [0.25, 0.3) is 5.91 Å². The first-order valence-electron chi connectivity index (χ1n) is 14.5. The number of nitrogens with zero attached hydrogens (tertiary/aromatic N) is 6. The maximum Gasteiger partial charge on any atom is 0.416 e. The maximum absolute atomic E-state index is 13.8. The lowest BCUT2D eigenvalue weighted by molar-refractivity contribution is -0.137. The van der Waals surface area contributed by atoms with E-state index in [2.05, 4.69) is 35.1 Å². The fourth-order valence-electron chi connectivity index (χ4n) is 5.02. The van der Waals surface area contributed by atoms with Gasteiger partial charge in [0.15, 0.2) is 5.82 Å². The number of piperazine rings is 1. The van der Waals surface area contributed by atoms with Gasteiger partial charge in [-0.25, -0.2) is 4.98 Å². The van der Waals surface area contributed by atoms with Gasteiger partial charge in [0.2, 0.25) is 5.88 Å². The van der Waals surface area contributed by atoms with Gasteiger partial charge in [-0.1, -0.05) is 6.07 Å². The van der Waals surface area contributed by atoms with Crippen LogP contribution in [0.5, 0.6) is 11.6 Å². The van der Waals surface area contributed by atoms with Gasteiger partial charge < -0.3 is 15.0 Å². The number of aliphatic imine (C=N–C) groups is 1. The third-order valence-electron chi connectivity index (χ3n) is 7.47. The van der Waals surface area contributed by atoms with Crippen LogP contribution in [0.1, 0.15) is 39.7 Å². The average molecular weight is 618 g/mol. The van der Waals surface area contributed by atoms with Gasteiger partial charge in [0.1, 0.15) is 11.4 Å². The van der Waals surface area contributed by atoms with Crippen molar-refractivity contribution in [3.63, 3.8) is 0 Å². The smallest absolute Gasteiger partial charge is 0.416 e. The Bertz CT molecular complexity index is 1700. The molecular weight excluding hydrogens is 583 g/mol. The van der Waals surface area contributed by atoms with Crippen molar-refractivity contribution in [2.75, 3.05) is 38.5 Å². The first kappa shape index (κ1) is 31.7. The Hall–Kier alpha value is -4.68. The molecule has 1 N–H and O–H groups in total. The maximum atomic E-state index is 13.8. The zero-order valence-corrected chi connectivity index (χ0v) is 25.5. The molecule has 0 bridgehead atoms. The summed E-state index contributed by atoms with van der Waals surface area (Å²) in [4.78, 5) is 35.3. The quantitative estimate of drug-likeness (QED) is 0.220. The van der Waals surface area contributed by atoms with Crippen LogP contribution in [0.25, 0.3) is 11.4 Å². The molecule has 0 atom stereocenters. The molecule has 0 aliphatic carbocycles. The van der Waals surface area contributed by atoms with Crippen LogP contribution in [0.3, 0.4) is 0 Å². The zero-order valence-electron chi connectivity index (χ0n) is 25.5. The molecule has 234 valence electrons. The Morgan fingerprint density at radius 3 is 2.44 bits per heavy atom. The third-order valence-corrected chi connectivity index (χ3v) is 7.47. The minimum Gasteiger partial charge on any atom is -0.437 e. The van der Waals surface area contributed by atoms with E-state index < -0.39 is 17.6 Å². The summed E-state index contributed by atoms with van der Waals surface area (Å²) in [5.41, 5.74) is 2.35. The van der Waals surface area contributed by atoms with E-state index in [9.17, 15) is 18.0 Å². The van der Waals surface area contributed by atoms with Crippen molar-refractivity contribution in [3.05, 3.63) is 88.9 Å². The van der Waals surface area contributed by atoms with Crippen molar-refractivity contribution < 1.29 is 22.7 Å². The first-order chi connectivity index (χ1) is 21.5. The standard InChI is InChI=1S/C33H34F3N7O2/c1-5-38-29-22(3)39-30(24-8-10-37-11-9-24)41-32(29)45-27-7-6-21(2)28(19-27)31(44)40-26-17-23(16-25(18-26)33(34,35)36)20-43-14-12-42(4)13-15-43/h5-11,16-19H,12-15,20H2,1-4H3,(H,40,44)/b38-5-. The van der Waals surface area contributed by atoms with Crippen LogP contribution in [0, 0.1) is 13.8 Å². The van der Waals surface area contributed by atoms with Crippen molar-refractivity contribution in [2.24, 2.45) is 4.99 Å². The predicted molar refractivity (Wildman–Crippen MR) is 167 cm³/mol. The van der Waals surface area contributed by atoms with Crippen molar-refractivity contribution in [3.8, 4) is 23.0 Å². The molecule has 5 rings (SSSR count). The van der Waals surface area contributed by atoms with Crippen LogP contribution in [-0.2, 0) is 12.7 Å². The number of pyridine rings is 1. The summed E-state index contributed by atoms with van der Waals surface area (Å²) in [5.74, 6) is 0.346. The number of carbonyl (C=O) groups is 1. The lowest BCUT2D eigenvalue weighted by Gasteiger charge is -2.32. The van der Waals surface area contributed by atoms with Crippen LogP contribution in [0.15, 0.2) is 65.9 Å². The average Bonchev–Trinajstić information content (AvgIpc) is 3.00. The third kappa shape index (κ3) is 7.89. The van der Waals surface area contributed by atoms with Gasteiger partial charge in [0, 0.05) is 68.1 Å². The molecule has 1 fully saturated rings. The van der Waals surface area contributed by atoms with Crippen molar-refractivity contribution in [1.29, 1.82) is 0 Å². The molecule has 9 nitrogen and oxygen atoms in total. The van der Waals surface area contributed by atoms with Gasteiger partial charge in [0.05, 0.1) is 11.3 Å². The lowest BCUT2D eigenvalue weighted by Crippen LogP contribution is -2.43. The van der Waals surface area contributed by atoms with Gasteiger partial charge in [-0.3, -0.25) is 19.7 Å². The number of rotatable bonds is 8. The van der Waals surface area contributed by atoms with E-state index in [1.54, 1.807) is 69.7 Å². The second-order valence-corrected chi connectivity index (χ2v) is 10.9. The summed E-state index contributed by atoms with van der Waals surface area (Å²) < 4.78 is 47.7. The van der Waals surface area contributed by atoms with Gasteiger partial charge in [-0.2, -0.15) is 18.2 Å². The summed E-state index contributed by atoms with van der Waals surface area (Å²) in [6.07, 6.45) is 0.311. The van der Waals surface area contributed by atoms with E-state index >= 15 is 0 Å². The zero-order chi connectivity index (χ0) is 32.1. The fourth-order valence-corrected chi connectivity index (χ4v) is 5.02. The number of hydrogen-bond donors (Lipinski definition) is 1.